The van der Waals surface area contributed by atoms with Gasteiger partial charge in [0.2, 0.25) is 0 Å². The molecule has 1 aromatic rings. The highest BCUT2D eigenvalue weighted by Crippen LogP contribution is 2.40. The highest BCUT2D eigenvalue weighted by Gasteiger charge is 2.20. The van der Waals surface area contributed by atoms with Crippen molar-refractivity contribution in [1.82, 2.24) is 5.32 Å². The topological polar surface area (TPSA) is 52.5 Å². The van der Waals surface area contributed by atoms with Crippen LogP contribution in [0.4, 0.5) is 0 Å². The van der Waals surface area contributed by atoms with E-state index < -0.39 is 0 Å². The van der Waals surface area contributed by atoms with Crippen molar-refractivity contribution in [2.75, 3.05) is 6.54 Å². The minimum Gasteiger partial charge on any atom is -0.504 e. The minimum absolute atomic E-state index is 0.0104. The van der Waals surface area contributed by atoms with Crippen molar-refractivity contribution in [3.05, 3.63) is 22.2 Å². The van der Waals surface area contributed by atoms with E-state index in [0.717, 1.165) is 24.9 Å². The summed E-state index contributed by atoms with van der Waals surface area (Å²) in [6.07, 6.45) is 3.35. The van der Waals surface area contributed by atoms with Crippen molar-refractivity contribution < 1.29 is 10.2 Å². The summed E-state index contributed by atoms with van der Waals surface area (Å²) < 4.78 is 0.527. The van der Waals surface area contributed by atoms with Crippen molar-refractivity contribution in [2.24, 2.45) is 0 Å². The van der Waals surface area contributed by atoms with Crippen LogP contribution >= 0.6 is 15.9 Å². The van der Waals surface area contributed by atoms with Crippen molar-refractivity contribution in [3.63, 3.8) is 0 Å². The molecule has 0 amide bonds. The number of nitrogens with one attached hydrogen (secondary N) is 1. The highest BCUT2D eigenvalue weighted by atomic mass is 79.9. The molecule has 1 saturated heterocycles. The van der Waals surface area contributed by atoms with E-state index in [2.05, 4.69) is 21.2 Å². The van der Waals surface area contributed by atoms with Gasteiger partial charge in [0.05, 0.1) is 4.47 Å². The summed E-state index contributed by atoms with van der Waals surface area (Å²) >= 11 is 3.17. The van der Waals surface area contributed by atoms with Crippen LogP contribution < -0.4 is 5.32 Å². The molecule has 0 saturated carbocycles. The first-order valence-corrected chi connectivity index (χ1v) is 5.93. The van der Waals surface area contributed by atoms with Gasteiger partial charge in [0.15, 0.2) is 11.5 Å². The third-order valence-corrected chi connectivity index (χ3v) is 3.46. The molecule has 4 heteroatoms. The van der Waals surface area contributed by atoms with Gasteiger partial charge in [0.1, 0.15) is 0 Å². The lowest BCUT2D eigenvalue weighted by molar-refractivity contribution is 0.368. The molecule has 82 valence electrons. The molecule has 1 atom stereocenters. The number of aromatic hydroxyl groups is 2. The SMILES string of the molecule is Oc1c(Br)ccc(C2CCCCN2)c1O. The average molecular weight is 272 g/mol. The van der Waals surface area contributed by atoms with Gasteiger partial charge in [-0.1, -0.05) is 12.5 Å². The predicted octanol–water partition coefficient (Wildman–Crippen LogP) is 2.67. The fourth-order valence-electron chi connectivity index (χ4n) is 1.97. The van der Waals surface area contributed by atoms with Crippen molar-refractivity contribution in [2.45, 2.75) is 25.3 Å². The number of phenols is 2. The zero-order chi connectivity index (χ0) is 10.8. The van der Waals surface area contributed by atoms with Crippen LogP contribution in [0.25, 0.3) is 0 Å². The van der Waals surface area contributed by atoms with Crippen LogP contribution in [0.5, 0.6) is 11.5 Å². The number of piperidine rings is 1. The molecule has 2 rings (SSSR count). The van der Waals surface area contributed by atoms with E-state index in [0.29, 0.717) is 4.47 Å². The van der Waals surface area contributed by atoms with Gasteiger partial charge in [0.25, 0.3) is 0 Å². The van der Waals surface area contributed by atoms with Crippen LogP contribution in [-0.4, -0.2) is 16.8 Å². The molecule has 0 radical (unpaired) electrons. The van der Waals surface area contributed by atoms with E-state index in [1.54, 1.807) is 6.07 Å². The molecule has 0 aromatic heterocycles. The number of halogens is 1. The van der Waals surface area contributed by atoms with Gasteiger partial charge >= 0.3 is 0 Å². The second-order valence-corrected chi connectivity index (χ2v) is 4.69. The molecule has 0 bridgehead atoms. The summed E-state index contributed by atoms with van der Waals surface area (Å²) in [6, 6.07) is 3.78. The van der Waals surface area contributed by atoms with E-state index in [1.807, 2.05) is 6.07 Å². The van der Waals surface area contributed by atoms with Gasteiger partial charge in [0, 0.05) is 11.6 Å². The molecular weight excluding hydrogens is 258 g/mol. The Morgan fingerprint density at radius 1 is 1.20 bits per heavy atom. The fraction of sp³-hybridized carbons (Fsp3) is 0.455. The van der Waals surface area contributed by atoms with Gasteiger partial charge in [-0.05, 0) is 41.4 Å². The molecule has 1 aliphatic rings. The lowest BCUT2D eigenvalue weighted by Crippen LogP contribution is -2.26. The average Bonchev–Trinajstić information content (AvgIpc) is 2.27. The van der Waals surface area contributed by atoms with Crippen LogP contribution in [0.2, 0.25) is 0 Å². The number of hydrogen-bond donors (Lipinski definition) is 3. The molecule has 3 nitrogen and oxygen atoms in total. The maximum atomic E-state index is 9.81. The van der Waals surface area contributed by atoms with Crippen molar-refractivity contribution in [3.8, 4) is 11.5 Å². The number of hydrogen-bond acceptors (Lipinski definition) is 3. The number of rotatable bonds is 1. The van der Waals surface area contributed by atoms with E-state index in [4.69, 9.17) is 0 Å². The molecule has 1 unspecified atom stereocenters. The van der Waals surface area contributed by atoms with E-state index in [9.17, 15) is 10.2 Å². The van der Waals surface area contributed by atoms with Gasteiger partial charge in [-0.3, -0.25) is 0 Å². The molecule has 1 aliphatic heterocycles. The molecule has 1 heterocycles. The maximum Gasteiger partial charge on any atom is 0.172 e. The van der Waals surface area contributed by atoms with Crippen molar-refractivity contribution in [1.29, 1.82) is 0 Å². The third kappa shape index (κ3) is 2.11. The van der Waals surface area contributed by atoms with Crippen LogP contribution in [0, 0.1) is 0 Å². The Bertz CT molecular complexity index is 362. The smallest absolute Gasteiger partial charge is 0.172 e. The van der Waals surface area contributed by atoms with Gasteiger partial charge < -0.3 is 15.5 Å². The highest BCUT2D eigenvalue weighted by molar-refractivity contribution is 9.10. The standard InChI is InChI=1S/C11H14BrNO2/c12-8-5-4-7(10(14)11(8)15)9-3-1-2-6-13-9/h4-5,9,13-15H,1-3,6H2. The summed E-state index contributed by atoms with van der Waals surface area (Å²) in [5.41, 5.74) is 0.787. The quantitative estimate of drug-likeness (QED) is 0.689. The van der Waals surface area contributed by atoms with Gasteiger partial charge in [-0.25, -0.2) is 0 Å². The molecule has 0 spiro atoms. The maximum absolute atomic E-state index is 9.81. The Morgan fingerprint density at radius 3 is 2.67 bits per heavy atom. The lowest BCUT2D eigenvalue weighted by atomic mass is 9.96. The first-order valence-electron chi connectivity index (χ1n) is 5.14. The second kappa shape index (κ2) is 4.41. The summed E-state index contributed by atoms with van der Waals surface area (Å²) in [7, 11) is 0. The van der Waals surface area contributed by atoms with Crippen molar-refractivity contribution >= 4 is 15.9 Å². The van der Waals surface area contributed by atoms with Gasteiger partial charge in [-0.2, -0.15) is 0 Å². The molecular formula is C11H14BrNO2. The Labute approximate surface area is 97.3 Å². The predicted molar refractivity (Wildman–Crippen MR) is 62.1 cm³/mol. The molecule has 0 aliphatic carbocycles. The fourth-order valence-corrected chi connectivity index (χ4v) is 2.29. The molecule has 1 fully saturated rings. The van der Waals surface area contributed by atoms with Crippen LogP contribution in [0.15, 0.2) is 16.6 Å². The van der Waals surface area contributed by atoms with Gasteiger partial charge in [-0.15, -0.1) is 0 Å². The zero-order valence-corrected chi connectivity index (χ0v) is 9.92. The zero-order valence-electron chi connectivity index (χ0n) is 8.33. The minimum atomic E-state index is -0.0696. The Kier molecular flexibility index (Phi) is 3.17. The Morgan fingerprint density at radius 2 is 2.00 bits per heavy atom. The summed E-state index contributed by atoms with van der Waals surface area (Å²) in [5.74, 6) is -0.0800. The monoisotopic (exact) mass is 271 g/mol. The summed E-state index contributed by atoms with van der Waals surface area (Å²) in [5, 5.41) is 22.7. The summed E-state index contributed by atoms with van der Waals surface area (Å²) in [6.45, 7) is 0.973. The molecule has 15 heavy (non-hydrogen) atoms. The second-order valence-electron chi connectivity index (χ2n) is 3.84. The Balaban J connectivity index is 2.31. The van der Waals surface area contributed by atoms with Crippen LogP contribution in [0.1, 0.15) is 30.9 Å². The largest absolute Gasteiger partial charge is 0.504 e. The van der Waals surface area contributed by atoms with E-state index in [-0.39, 0.29) is 17.5 Å². The number of benzene rings is 1. The normalized spacial score (nSPS) is 21.5. The summed E-state index contributed by atoms with van der Waals surface area (Å²) in [4.78, 5) is 0. The molecule has 3 N–H and O–H groups in total. The third-order valence-electron chi connectivity index (χ3n) is 2.82. The molecule has 1 aromatic carbocycles. The van der Waals surface area contributed by atoms with Crippen LogP contribution in [-0.2, 0) is 0 Å². The lowest BCUT2D eigenvalue weighted by Gasteiger charge is -2.24. The first-order chi connectivity index (χ1) is 7.20. The number of phenolic OH excluding ortho intramolecular Hbond substituents is 2. The first kappa shape index (κ1) is 10.8. The van der Waals surface area contributed by atoms with E-state index in [1.165, 1.54) is 6.42 Å². The van der Waals surface area contributed by atoms with E-state index >= 15 is 0 Å². The Hall–Kier alpha value is -0.740. The van der Waals surface area contributed by atoms with Crippen LogP contribution in [0.3, 0.4) is 0 Å².